The van der Waals surface area contributed by atoms with Gasteiger partial charge in [0.25, 0.3) is 0 Å². The van der Waals surface area contributed by atoms with Gasteiger partial charge in [0.15, 0.2) is 5.78 Å². The average molecular weight is 253 g/mol. The van der Waals surface area contributed by atoms with Gasteiger partial charge in [0.1, 0.15) is 0 Å². The third kappa shape index (κ3) is 3.34. The number of hydrogen-bond acceptors (Lipinski definition) is 2. The number of ketones is 1. The molecule has 1 aliphatic rings. The van der Waals surface area contributed by atoms with Crippen LogP contribution in [0.25, 0.3) is 0 Å². The van der Waals surface area contributed by atoms with Crippen LogP contribution >= 0.6 is 0 Å². The van der Waals surface area contributed by atoms with Gasteiger partial charge in [-0.3, -0.25) is 9.69 Å². The molecule has 0 aromatic heterocycles. The van der Waals surface area contributed by atoms with Crippen LogP contribution in [0.1, 0.15) is 72.6 Å². The van der Waals surface area contributed by atoms with E-state index in [4.69, 9.17) is 0 Å². The van der Waals surface area contributed by atoms with E-state index in [-0.39, 0.29) is 5.54 Å². The maximum Gasteiger partial charge on any atom is 0.155 e. The Hall–Kier alpha value is -0.370. The molecule has 0 spiro atoms. The lowest BCUT2D eigenvalue weighted by Crippen LogP contribution is -2.54. The number of carbonyl (C=O) groups is 1. The summed E-state index contributed by atoms with van der Waals surface area (Å²) in [4.78, 5) is 15.3. The van der Waals surface area contributed by atoms with Crippen LogP contribution in [0, 0.1) is 5.92 Å². The summed E-state index contributed by atoms with van der Waals surface area (Å²) in [5.41, 5.74) is -0.238. The fourth-order valence-corrected chi connectivity index (χ4v) is 3.46. The van der Waals surface area contributed by atoms with Gasteiger partial charge in [0.2, 0.25) is 0 Å². The highest BCUT2D eigenvalue weighted by Crippen LogP contribution is 2.31. The van der Waals surface area contributed by atoms with Gasteiger partial charge in [0, 0.05) is 5.92 Å². The van der Waals surface area contributed by atoms with Gasteiger partial charge < -0.3 is 0 Å². The van der Waals surface area contributed by atoms with E-state index in [1.807, 2.05) is 0 Å². The molecule has 0 amide bonds. The van der Waals surface area contributed by atoms with E-state index in [0.717, 1.165) is 32.4 Å². The molecule has 1 aliphatic carbocycles. The largest absolute Gasteiger partial charge is 0.297 e. The molecule has 1 rings (SSSR count). The minimum Gasteiger partial charge on any atom is -0.297 e. The Morgan fingerprint density at radius 2 is 1.56 bits per heavy atom. The zero-order valence-corrected chi connectivity index (χ0v) is 12.8. The van der Waals surface area contributed by atoms with E-state index >= 15 is 0 Å². The van der Waals surface area contributed by atoms with Gasteiger partial charge in [-0.2, -0.15) is 0 Å². The molecule has 0 radical (unpaired) electrons. The molecule has 0 saturated heterocycles. The summed E-state index contributed by atoms with van der Waals surface area (Å²) in [7, 11) is 0. The van der Waals surface area contributed by atoms with Crippen LogP contribution in [0.5, 0.6) is 0 Å². The highest BCUT2D eigenvalue weighted by Gasteiger charge is 2.39. The summed E-state index contributed by atoms with van der Waals surface area (Å²) in [6, 6.07) is 0. The first-order valence-electron chi connectivity index (χ1n) is 7.89. The molecule has 2 heteroatoms. The molecule has 1 atom stereocenters. The van der Waals surface area contributed by atoms with Gasteiger partial charge in [-0.1, -0.05) is 46.5 Å². The monoisotopic (exact) mass is 253 g/mol. The Morgan fingerprint density at radius 1 is 1.06 bits per heavy atom. The van der Waals surface area contributed by atoms with Crippen molar-refractivity contribution in [2.45, 2.75) is 78.2 Å². The molecule has 1 fully saturated rings. The number of carbonyl (C=O) groups excluding carboxylic acids is 1. The van der Waals surface area contributed by atoms with Crippen LogP contribution in [-0.4, -0.2) is 29.3 Å². The Kier molecular flexibility index (Phi) is 6.34. The molecule has 0 aromatic carbocycles. The normalized spacial score (nSPS) is 21.6. The molecule has 0 aromatic rings. The third-order valence-corrected chi connectivity index (χ3v) is 4.91. The van der Waals surface area contributed by atoms with Crippen molar-refractivity contribution in [3.63, 3.8) is 0 Å². The molecule has 1 saturated carbocycles. The Labute approximate surface area is 113 Å². The number of nitrogens with zero attached hydrogens (tertiary/aromatic N) is 1. The lowest BCUT2D eigenvalue weighted by atomic mass is 9.80. The summed E-state index contributed by atoms with van der Waals surface area (Å²) < 4.78 is 0. The smallest absolute Gasteiger partial charge is 0.155 e. The maximum absolute atomic E-state index is 12.9. The molecule has 106 valence electrons. The topological polar surface area (TPSA) is 20.3 Å². The third-order valence-electron chi connectivity index (χ3n) is 4.91. The van der Waals surface area contributed by atoms with Crippen LogP contribution < -0.4 is 0 Å². The molecular weight excluding hydrogens is 222 g/mol. The second kappa shape index (κ2) is 7.28. The van der Waals surface area contributed by atoms with E-state index in [9.17, 15) is 4.79 Å². The fraction of sp³-hybridized carbons (Fsp3) is 0.938. The van der Waals surface area contributed by atoms with Crippen molar-refractivity contribution >= 4 is 5.78 Å². The molecule has 0 aliphatic heterocycles. The summed E-state index contributed by atoms with van der Waals surface area (Å²) in [6.07, 6.45) is 8.30. The lowest BCUT2D eigenvalue weighted by molar-refractivity contribution is -0.135. The predicted molar refractivity (Wildman–Crippen MR) is 77.8 cm³/mol. The Balaban J connectivity index is 2.81. The highest BCUT2D eigenvalue weighted by atomic mass is 16.1. The van der Waals surface area contributed by atoms with E-state index in [0.29, 0.717) is 11.7 Å². The molecule has 0 heterocycles. The van der Waals surface area contributed by atoms with Crippen molar-refractivity contribution in [2.24, 2.45) is 5.92 Å². The number of likely N-dealkylation sites (N-methyl/N-ethyl adjacent to an activating group) is 1. The van der Waals surface area contributed by atoms with Crippen molar-refractivity contribution in [3.8, 4) is 0 Å². The van der Waals surface area contributed by atoms with E-state index in [1.54, 1.807) is 0 Å². The second-order valence-corrected chi connectivity index (χ2v) is 5.85. The molecule has 18 heavy (non-hydrogen) atoms. The first kappa shape index (κ1) is 15.7. The lowest BCUT2D eigenvalue weighted by Gasteiger charge is -2.40. The van der Waals surface area contributed by atoms with Crippen molar-refractivity contribution in [3.05, 3.63) is 0 Å². The summed E-state index contributed by atoms with van der Waals surface area (Å²) in [5, 5.41) is 0. The van der Waals surface area contributed by atoms with E-state index in [2.05, 4.69) is 32.6 Å². The van der Waals surface area contributed by atoms with Gasteiger partial charge in [-0.05, 0) is 39.3 Å². The molecular formula is C16H31NO. The fourth-order valence-electron chi connectivity index (χ4n) is 3.46. The van der Waals surface area contributed by atoms with Crippen molar-refractivity contribution in [1.29, 1.82) is 0 Å². The van der Waals surface area contributed by atoms with E-state index in [1.165, 1.54) is 25.7 Å². The maximum atomic E-state index is 12.9. The van der Waals surface area contributed by atoms with E-state index < -0.39 is 0 Å². The van der Waals surface area contributed by atoms with Crippen molar-refractivity contribution in [2.75, 3.05) is 13.1 Å². The van der Waals surface area contributed by atoms with Gasteiger partial charge in [-0.25, -0.2) is 0 Å². The molecule has 1 unspecified atom stereocenters. The second-order valence-electron chi connectivity index (χ2n) is 5.85. The SMILES string of the molecule is CCN(CC)C(C)(CC)C(=O)C1CCCCCC1. The van der Waals surface area contributed by atoms with Crippen LogP contribution in [-0.2, 0) is 4.79 Å². The summed E-state index contributed by atoms with van der Waals surface area (Å²) in [5.74, 6) is 0.827. The van der Waals surface area contributed by atoms with Crippen LogP contribution in [0.15, 0.2) is 0 Å². The molecule has 0 bridgehead atoms. The van der Waals surface area contributed by atoms with Gasteiger partial charge in [-0.15, -0.1) is 0 Å². The van der Waals surface area contributed by atoms with Gasteiger partial charge in [0.05, 0.1) is 5.54 Å². The number of rotatable bonds is 6. The Morgan fingerprint density at radius 3 is 1.94 bits per heavy atom. The van der Waals surface area contributed by atoms with Crippen molar-refractivity contribution < 1.29 is 4.79 Å². The molecule has 0 N–H and O–H groups in total. The zero-order chi connectivity index (χ0) is 13.6. The first-order chi connectivity index (χ1) is 8.60. The standard InChI is InChI=1S/C16H31NO/c1-5-16(4,17(6-2)7-3)15(18)14-12-10-8-9-11-13-14/h14H,5-13H2,1-4H3. The number of hydrogen-bond donors (Lipinski definition) is 0. The Bertz CT molecular complexity index is 252. The van der Waals surface area contributed by atoms with Crippen molar-refractivity contribution in [1.82, 2.24) is 4.90 Å². The minimum atomic E-state index is -0.238. The summed E-state index contributed by atoms with van der Waals surface area (Å²) in [6.45, 7) is 10.6. The number of Topliss-reactive ketones (excluding diaryl/α,β-unsaturated/α-hetero) is 1. The van der Waals surface area contributed by atoms with Crippen LogP contribution in [0.2, 0.25) is 0 Å². The van der Waals surface area contributed by atoms with Gasteiger partial charge >= 0.3 is 0 Å². The first-order valence-corrected chi connectivity index (χ1v) is 7.89. The summed E-state index contributed by atoms with van der Waals surface area (Å²) >= 11 is 0. The quantitative estimate of drug-likeness (QED) is 0.666. The highest BCUT2D eigenvalue weighted by molar-refractivity contribution is 5.90. The van der Waals surface area contributed by atoms with Crippen LogP contribution in [0.4, 0.5) is 0 Å². The zero-order valence-electron chi connectivity index (χ0n) is 12.8. The molecule has 2 nitrogen and oxygen atoms in total. The van der Waals surface area contributed by atoms with Crippen LogP contribution in [0.3, 0.4) is 0 Å². The average Bonchev–Trinajstić information content (AvgIpc) is 2.67. The minimum absolute atomic E-state index is 0.238. The predicted octanol–water partition coefficient (Wildman–Crippen LogP) is 4.04.